The highest BCUT2D eigenvalue weighted by molar-refractivity contribution is 5.90. The summed E-state index contributed by atoms with van der Waals surface area (Å²) in [6, 6.07) is 11.4. The number of carbonyl (C=O) groups is 1. The number of likely N-dealkylation sites (N-methyl/N-ethyl adjacent to an activating group) is 1. The Hall–Kier alpha value is -2.27. The lowest BCUT2D eigenvalue weighted by molar-refractivity contribution is 0.0599. The van der Waals surface area contributed by atoms with E-state index in [2.05, 4.69) is 4.90 Å². The van der Waals surface area contributed by atoms with Crippen molar-refractivity contribution in [1.29, 1.82) is 0 Å². The van der Waals surface area contributed by atoms with Gasteiger partial charge in [0.25, 0.3) is 0 Å². The van der Waals surface area contributed by atoms with Crippen LogP contribution in [0.5, 0.6) is 5.75 Å². The topological polar surface area (TPSA) is 51.9 Å². The maximum Gasteiger partial charge on any atom is 0.341 e. The Bertz CT molecular complexity index is 606. The highest BCUT2D eigenvalue weighted by atomic mass is 16.5. The van der Waals surface area contributed by atoms with E-state index < -0.39 is 0 Å². The predicted octanol–water partition coefficient (Wildman–Crippen LogP) is 2.89. The second-order valence-electron chi connectivity index (χ2n) is 5.07. The summed E-state index contributed by atoms with van der Waals surface area (Å²) in [5.74, 6) is 1.80. The van der Waals surface area contributed by atoms with Crippen molar-refractivity contribution in [2.24, 2.45) is 0 Å². The zero-order valence-electron chi connectivity index (χ0n) is 13.2. The third-order valence-electron chi connectivity index (χ3n) is 3.28. The Morgan fingerprint density at radius 1 is 1.27 bits per heavy atom. The summed E-state index contributed by atoms with van der Waals surface area (Å²) in [4.78, 5) is 13.6. The summed E-state index contributed by atoms with van der Waals surface area (Å²) >= 11 is 0. The highest BCUT2D eigenvalue weighted by Gasteiger charge is 2.16. The Morgan fingerprint density at radius 3 is 2.68 bits per heavy atom. The molecule has 0 aliphatic carbocycles. The third-order valence-corrected chi connectivity index (χ3v) is 3.28. The molecule has 2 aromatic rings. The van der Waals surface area contributed by atoms with E-state index in [4.69, 9.17) is 13.9 Å². The molecule has 0 unspecified atom stereocenters. The van der Waals surface area contributed by atoms with Crippen LogP contribution in [-0.2, 0) is 11.3 Å². The molecule has 118 valence electrons. The fourth-order valence-corrected chi connectivity index (χ4v) is 2.12. The third kappa shape index (κ3) is 4.36. The van der Waals surface area contributed by atoms with Gasteiger partial charge >= 0.3 is 5.97 Å². The Morgan fingerprint density at radius 2 is 2.00 bits per heavy atom. The minimum Gasteiger partial charge on any atom is -0.492 e. The van der Waals surface area contributed by atoms with Gasteiger partial charge in [-0.3, -0.25) is 4.90 Å². The molecule has 0 fully saturated rings. The van der Waals surface area contributed by atoms with Gasteiger partial charge < -0.3 is 13.9 Å². The molecule has 1 heterocycles. The van der Waals surface area contributed by atoms with E-state index >= 15 is 0 Å². The molecular weight excluding hydrogens is 282 g/mol. The molecule has 0 N–H and O–H groups in total. The SMILES string of the molecule is COC(=O)c1cc(CN(C)CCOc2ccccc2)oc1C. The van der Waals surface area contributed by atoms with E-state index in [0.717, 1.165) is 18.1 Å². The van der Waals surface area contributed by atoms with Crippen molar-refractivity contribution in [1.82, 2.24) is 4.90 Å². The van der Waals surface area contributed by atoms with Crippen LogP contribution in [0, 0.1) is 6.92 Å². The molecule has 0 bridgehead atoms. The van der Waals surface area contributed by atoms with E-state index in [-0.39, 0.29) is 5.97 Å². The normalized spacial score (nSPS) is 10.7. The molecule has 1 aromatic heterocycles. The van der Waals surface area contributed by atoms with Gasteiger partial charge in [0, 0.05) is 6.54 Å². The maximum absolute atomic E-state index is 11.5. The number of carbonyl (C=O) groups excluding carboxylic acids is 1. The summed E-state index contributed by atoms with van der Waals surface area (Å²) in [5, 5.41) is 0. The first-order valence-electron chi connectivity index (χ1n) is 7.14. The van der Waals surface area contributed by atoms with Gasteiger partial charge in [-0.15, -0.1) is 0 Å². The maximum atomic E-state index is 11.5. The molecule has 5 heteroatoms. The zero-order valence-corrected chi connectivity index (χ0v) is 13.2. The number of furan rings is 1. The molecule has 0 saturated carbocycles. The summed E-state index contributed by atoms with van der Waals surface area (Å²) in [6.07, 6.45) is 0. The van der Waals surface area contributed by atoms with Gasteiger partial charge in [0.1, 0.15) is 29.4 Å². The highest BCUT2D eigenvalue weighted by Crippen LogP contribution is 2.17. The van der Waals surface area contributed by atoms with Crippen molar-refractivity contribution in [3.63, 3.8) is 0 Å². The van der Waals surface area contributed by atoms with Crippen LogP contribution in [-0.4, -0.2) is 38.2 Å². The number of methoxy groups -OCH3 is 1. The van der Waals surface area contributed by atoms with Crippen molar-refractivity contribution in [3.05, 3.63) is 53.5 Å². The second kappa shape index (κ2) is 7.66. The smallest absolute Gasteiger partial charge is 0.341 e. The van der Waals surface area contributed by atoms with Crippen LogP contribution in [0.4, 0.5) is 0 Å². The van der Waals surface area contributed by atoms with Crippen molar-refractivity contribution >= 4 is 5.97 Å². The first-order chi connectivity index (χ1) is 10.6. The molecule has 0 aliphatic rings. The number of aryl methyl sites for hydroxylation is 1. The van der Waals surface area contributed by atoms with E-state index in [9.17, 15) is 4.79 Å². The Kier molecular flexibility index (Phi) is 5.61. The van der Waals surface area contributed by atoms with E-state index in [1.54, 1.807) is 13.0 Å². The van der Waals surface area contributed by atoms with Crippen LogP contribution in [0.1, 0.15) is 21.9 Å². The molecule has 1 aromatic carbocycles. The number of esters is 1. The molecule has 0 aliphatic heterocycles. The average molecular weight is 303 g/mol. The molecular formula is C17H21NO4. The average Bonchev–Trinajstić information content (AvgIpc) is 2.88. The summed E-state index contributed by atoms with van der Waals surface area (Å²) in [7, 11) is 3.34. The fourth-order valence-electron chi connectivity index (χ4n) is 2.12. The number of hydrogen-bond donors (Lipinski definition) is 0. The van der Waals surface area contributed by atoms with E-state index in [1.807, 2.05) is 37.4 Å². The van der Waals surface area contributed by atoms with Crippen LogP contribution < -0.4 is 4.74 Å². The number of nitrogens with zero attached hydrogens (tertiary/aromatic N) is 1. The standard InChI is InChI=1S/C17H21NO4/c1-13-16(17(19)20-3)11-15(22-13)12-18(2)9-10-21-14-7-5-4-6-8-14/h4-8,11H,9-10,12H2,1-3H3. The monoisotopic (exact) mass is 303 g/mol. The van der Waals surface area contributed by atoms with Crippen molar-refractivity contribution in [3.8, 4) is 5.75 Å². The number of para-hydroxylation sites is 1. The molecule has 2 rings (SSSR count). The molecule has 22 heavy (non-hydrogen) atoms. The lowest BCUT2D eigenvalue weighted by Gasteiger charge is -2.15. The first-order valence-corrected chi connectivity index (χ1v) is 7.14. The Labute approximate surface area is 130 Å². The molecule has 0 saturated heterocycles. The van der Waals surface area contributed by atoms with Gasteiger partial charge in [0.05, 0.1) is 13.7 Å². The lowest BCUT2D eigenvalue weighted by Crippen LogP contribution is -2.23. The summed E-state index contributed by atoms with van der Waals surface area (Å²) in [5.41, 5.74) is 0.478. The van der Waals surface area contributed by atoms with Gasteiger partial charge in [-0.2, -0.15) is 0 Å². The van der Waals surface area contributed by atoms with Gasteiger partial charge in [-0.1, -0.05) is 18.2 Å². The largest absolute Gasteiger partial charge is 0.492 e. The van der Waals surface area contributed by atoms with E-state index in [0.29, 0.717) is 24.5 Å². The minimum absolute atomic E-state index is 0.373. The van der Waals surface area contributed by atoms with Crippen molar-refractivity contribution in [2.75, 3.05) is 27.3 Å². The minimum atomic E-state index is -0.373. The zero-order chi connectivity index (χ0) is 15.9. The second-order valence-corrected chi connectivity index (χ2v) is 5.07. The van der Waals surface area contributed by atoms with Crippen LogP contribution >= 0.6 is 0 Å². The predicted molar refractivity (Wildman–Crippen MR) is 83.1 cm³/mol. The van der Waals surface area contributed by atoms with Gasteiger partial charge in [0.15, 0.2) is 0 Å². The van der Waals surface area contributed by atoms with Crippen LogP contribution in [0.2, 0.25) is 0 Å². The Balaban J connectivity index is 1.82. The number of hydrogen-bond acceptors (Lipinski definition) is 5. The number of rotatable bonds is 7. The summed E-state index contributed by atoms with van der Waals surface area (Å²) in [6.45, 7) is 3.70. The van der Waals surface area contributed by atoms with Crippen LogP contribution in [0.25, 0.3) is 0 Å². The van der Waals surface area contributed by atoms with Crippen LogP contribution in [0.15, 0.2) is 40.8 Å². The van der Waals surface area contributed by atoms with Crippen molar-refractivity contribution in [2.45, 2.75) is 13.5 Å². The fraction of sp³-hybridized carbons (Fsp3) is 0.353. The summed E-state index contributed by atoms with van der Waals surface area (Å²) < 4.78 is 16.0. The lowest BCUT2D eigenvalue weighted by atomic mass is 10.2. The quantitative estimate of drug-likeness (QED) is 0.736. The first kappa shape index (κ1) is 16.1. The van der Waals surface area contributed by atoms with Crippen molar-refractivity contribution < 1.29 is 18.7 Å². The van der Waals surface area contributed by atoms with Gasteiger partial charge in [0.2, 0.25) is 0 Å². The molecule has 0 radical (unpaired) electrons. The molecule has 0 atom stereocenters. The van der Waals surface area contributed by atoms with Gasteiger partial charge in [-0.05, 0) is 32.2 Å². The number of ether oxygens (including phenoxy) is 2. The van der Waals surface area contributed by atoms with Gasteiger partial charge in [-0.25, -0.2) is 4.79 Å². The number of benzene rings is 1. The van der Waals surface area contributed by atoms with E-state index in [1.165, 1.54) is 7.11 Å². The molecule has 0 amide bonds. The van der Waals surface area contributed by atoms with Crippen LogP contribution in [0.3, 0.4) is 0 Å². The molecule has 5 nitrogen and oxygen atoms in total. The molecule has 0 spiro atoms.